The summed E-state index contributed by atoms with van der Waals surface area (Å²) in [6, 6.07) is 4.97. The number of anilines is 1. The van der Waals surface area contributed by atoms with Gasteiger partial charge in [-0.25, -0.2) is 0 Å². The largest absolute Gasteiger partial charge is 0.493 e. The third-order valence-corrected chi connectivity index (χ3v) is 5.90. The van der Waals surface area contributed by atoms with Crippen molar-refractivity contribution in [3.8, 4) is 17.2 Å². The van der Waals surface area contributed by atoms with Gasteiger partial charge in [-0.05, 0) is 35.9 Å². The molecule has 0 saturated carbocycles. The van der Waals surface area contributed by atoms with E-state index < -0.39 is 52.9 Å². The summed E-state index contributed by atoms with van der Waals surface area (Å²) in [6.07, 6.45) is -8.59. The maximum Gasteiger partial charge on any atom is 0.416 e. The Morgan fingerprint density at radius 1 is 0.974 bits per heavy atom. The van der Waals surface area contributed by atoms with Crippen LogP contribution in [0.4, 0.5) is 32.2 Å². The van der Waals surface area contributed by atoms with Crippen LogP contribution in [0.5, 0.6) is 17.2 Å². The Kier molecular flexibility index (Phi) is 6.76. The van der Waals surface area contributed by atoms with E-state index in [1.165, 1.54) is 50.5 Å². The van der Waals surface area contributed by atoms with Crippen LogP contribution in [-0.4, -0.2) is 48.1 Å². The first-order chi connectivity index (χ1) is 17.7. The quantitative estimate of drug-likeness (QED) is 0.348. The van der Waals surface area contributed by atoms with Crippen molar-refractivity contribution in [2.24, 2.45) is 5.92 Å². The third-order valence-electron chi connectivity index (χ3n) is 5.90. The van der Waals surface area contributed by atoms with E-state index >= 15 is 0 Å². The molecule has 2 atom stereocenters. The SMILES string of the molecule is COc1cc(C2c3c[nH]nc3NC(=O)C2C(=O)N(C)C)ccc1Oc1cc(C(F)(F)F)cc(C(F)(F)F)c1. The van der Waals surface area contributed by atoms with Crippen molar-refractivity contribution in [1.82, 2.24) is 15.1 Å². The summed E-state index contributed by atoms with van der Waals surface area (Å²) in [5.74, 6) is -3.87. The maximum atomic E-state index is 13.2. The van der Waals surface area contributed by atoms with Gasteiger partial charge in [0, 0.05) is 31.8 Å². The number of halogens is 6. The molecule has 8 nitrogen and oxygen atoms in total. The number of hydrogen-bond acceptors (Lipinski definition) is 5. The predicted octanol–water partition coefficient (Wildman–Crippen LogP) is 5.04. The molecule has 1 aliphatic heterocycles. The lowest BCUT2D eigenvalue weighted by atomic mass is 9.78. The molecular formula is C24H20F6N4O4. The fraction of sp³-hybridized carbons (Fsp3) is 0.292. The predicted molar refractivity (Wildman–Crippen MR) is 121 cm³/mol. The second-order valence-corrected chi connectivity index (χ2v) is 8.62. The Morgan fingerprint density at radius 2 is 1.61 bits per heavy atom. The number of carbonyl (C=O) groups excluding carboxylic acids is 2. The minimum absolute atomic E-state index is 0.00822. The van der Waals surface area contributed by atoms with E-state index in [-0.39, 0.29) is 23.4 Å². The molecule has 3 aromatic rings. The van der Waals surface area contributed by atoms with Gasteiger partial charge in [0.2, 0.25) is 11.8 Å². The van der Waals surface area contributed by atoms with Crippen molar-refractivity contribution in [2.75, 3.05) is 26.5 Å². The topological polar surface area (TPSA) is 96.5 Å². The minimum atomic E-state index is -5.05. The summed E-state index contributed by atoms with van der Waals surface area (Å²) in [7, 11) is 4.19. The molecule has 2 unspecified atom stereocenters. The molecule has 0 saturated heterocycles. The fourth-order valence-electron chi connectivity index (χ4n) is 4.14. The molecule has 1 aliphatic rings. The molecular weight excluding hydrogens is 522 g/mol. The minimum Gasteiger partial charge on any atom is -0.493 e. The van der Waals surface area contributed by atoms with E-state index in [2.05, 4.69) is 15.5 Å². The molecule has 38 heavy (non-hydrogen) atoms. The summed E-state index contributed by atoms with van der Waals surface area (Å²) in [5, 5.41) is 9.16. The van der Waals surface area contributed by atoms with Crippen LogP contribution in [0.15, 0.2) is 42.6 Å². The summed E-state index contributed by atoms with van der Waals surface area (Å²) < 4.78 is 90.2. The number of H-pyrrole nitrogens is 1. The van der Waals surface area contributed by atoms with Gasteiger partial charge < -0.3 is 19.7 Å². The van der Waals surface area contributed by atoms with Crippen molar-refractivity contribution in [3.63, 3.8) is 0 Å². The zero-order valence-corrected chi connectivity index (χ0v) is 20.0. The van der Waals surface area contributed by atoms with E-state index in [4.69, 9.17) is 9.47 Å². The Balaban J connectivity index is 1.77. The Hall–Kier alpha value is -4.23. The molecule has 2 aromatic carbocycles. The standard InChI is InChI=1S/C24H20F6N4O4/c1-34(2)22(36)19-18(15-10-31-33-20(15)32-21(19)35)11-4-5-16(17(6-11)37-3)38-14-8-12(23(25,26)27)7-13(9-14)24(28,29)30/h4-10,18-19H,1-3H3,(H2,31,32,33,35). The summed E-state index contributed by atoms with van der Waals surface area (Å²) in [5.41, 5.74) is -2.19. The van der Waals surface area contributed by atoms with Gasteiger partial charge in [-0.3, -0.25) is 14.7 Å². The van der Waals surface area contributed by atoms with Crippen LogP contribution < -0.4 is 14.8 Å². The number of methoxy groups -OCH3 is 1. The number of hydrogen-bond donors (Lipinski definition) is 2. The highest BCUT2D eigenvalue weighted by atomic mass is 19.4. The molecule has 0 radical (unpaired) electrons. The van der Waals surface area contributed by atoms with E-state index in [0.717, 1.165) is 0 Å². The Labute approximate surface area is 211 Å². The smallest absolute Gasteiger partial charge is 0.416 e. The van der Waals surface area contributed by atoms with E-state index in [1.807, 2.05) is 0 Å². The summed E-state index contributed by atoms with van der Waals surface area (Å²) >= 11 is 0. The van der Waals surface area contributed by atoms with E-state index in [0.29, 0.717) is 23.3 Å². The van der Waals surface area contributed by atoms with Gasteiger partial charge in [0.25, 0.3) is 0 Å². The summed E-state index contributed by atoms with van der Waals surface area (Å²) in [4.78, 5) is 27.0. The van der Waals surface area contributed by atoms with Crippen LogP contribution in [0.25, 0.3) is 0 Å². The highest BCUT2D eigenvalue weighted by Crippen LogP contribution is 2.44. The molecule has 0 bridgehead atoms. The third kappa shape index (κ3) is 5.10. The average Bonchev–Trinajstić information content (AvgIpc) is 3.29. The molecule has 14 heteroatoms. The van der Waals surface area contributed by atoms with Gasteiger partial charge in [-0.2, -0.15) is 31.4 Å². The molecule has 0 fully saturated rings. The number of amides is 2. The number of ether oxygens (including phenoxy) is 2. The second-order valence-electron chi connectivity index (χ2n) is 8.62. The van der Waals surface area contributed by atoms with Crippen molar-refractivity contribution in [3.05, 3.63) is 64.8 Å². The monoisotopic (exact) mass is 542 g/mol. The lowest BCUT2D eigenvalue weighted by Gasteiger charge is -2.31. The number of benzene rings is 2. The first-order valence-corrected chi connectivity index (χ1v) is 10.9. The highest BCUT2D eigenvalue weighted by Gasteiger charge is 2.44. The van der Waals surface area contributed by atoms with Crippen LogP contribution in [0.1, 0.15) is 28.2 Å². The van der Waals surface area contributed by atoms with Gasteiger partial charge in [-0.1, -0.05) is 6.07 Å². The number of carbonyl (C=O) groups is 2. The first kappa shape index (κ1) is 26.8. The molecule has 0 aliphatic carbocycles. The zero-order valence-electron chi connectivity index (χ0n) is 20.0. The lowest BCUT2D eigenvalue weighted by Crippen LogP contribution is -2.44. The number of fused-ring (bicyclic) bond motifs is 1. The molecule has 202 valence electrons. The normalized spacial score (nSPS) is 17.4. The molecule has 4 rings (SSSR count). The number of alkyl halides is 6. The van der Waals surface area contributed by atoms with Gasteiger partial charge in [0.15, 0.2) is 17.3 Å². The molecule has 2 heterocycles. The Bertz CT molecular complexity index is 1350. The van der Waals surface area contributed by atoms with Gasteiger partial charge in [-0.15, -0.1) is 0 Å². The average molecular weight is 542 g/mol. The van der Waals surface area contributed by atoms with Crippen LogP contribution >= 0.6 is 0 Å². The van der Waals surface area contributed by atoms with E-state index in [9.17, 15) is 35.9 Å². The van der Waals surface area contributed by atoms with Crippen molar-refractivity contribution in [1.29, 1.82) is 0 Å². The molecule has 1 aromatic heterocycles. The Morgan fingerprint density at radius 3 is 2.16 bits per heavy atom. The number of nitrogens with one attached hydrogen (secondary N) is 2. The number of rotatable bonds is 5. The van der Waals surface area contributed by atoms with Gasteiger partial charge in [0.05, 0.1) is 18.2 Å². The number of aromatic amines is 1. The molecule has 0 spiro atoms. The molecule has 2 N–H and O–H groups in total. The van der Waals surface area contributed by atoms with Crippen LogP contribution in [0.3, 0.4) is 0 Å². The second kappa shape index (κ2) is 9.58. The lowest BCUT2D eigenvalue weighted by molar-refractivity contribution is -0.143. The van der Waals surface area contributed by atoms with Crippen LogP contribution in [-0.2, 0) is 21.9 Å². The van der Waals surface area contributed by atoms with Gasteiger partial charge in [0.1, 0.15) is 11.7 Å². The van der Waals surface area contributed by atoms with Crippen molar-refractivity contribution < 1.29 is 45.4 Å². The zero-order chi connectivity index (χ0) is 28.0. The summed E-state index contributed by atoms with van der Waals surface area (Å²) in [6.45, 7) is 0. The molecule has 2 amide bonds. The first-order valence-electron chi connectivity index (χ1n) is 10.9. The highest BCUT2D eigenvalue weighted by molar-refractivity contribution is 6.09. The van der Waals surface area contributed by atoms with Crippen LogP contribution in [0.2, 0.25) is 0 Å². The van der Waals surface area contributed by atoms with E-state index in [1.54, 1.807) is 0 Å². The van der Waals surface area contributed by atoms with Gasteiger partial charge >= 0.3 is 12.4 Å². The number of nitrogens with zero attached hydrogens (tertiary/aromatic N) is 2. The van der Waals surface area contributed by atoms with Crippen molar-refractivity contribution in [2.45, 2.75) is 18.3 Å². The number of aromatic nitrogens is 2. The maximum absolute atomic E-state index is 13.2. The van der Waals surface area contributed by atoms with Crippen LogP contribution in [0, 0.1) is 5.92 Å². The fourth-order valence-corrected chi connectivity index (χ4v) is 4.14. The van der Waals surface area contributed by atoms with Crippen molar-refractivity contribution >= 4 is 17.6 Å².